The maximum atomic E-state index is 5.87. The van der Waals surface area contributed by atoms with Crippen LogP contribution >= 0.6 is 23.2 Å². The first-order valence-electron chi connectivity index (χ1n) is 3.32. The molecule has 0 aromatic carbocycles. The van der Waals surface area contributed by atoms with Crippen LogP contribution in [0.15, 0.2) is 24.7 Å². The first-order valence-corrected chi connectivity index (χ1v) is 4.08. The topological polar surface area (TPSA) is 25.8 Å². The van der Waals surface area contributed by atoms with Crippen LogP contribution < -0.4 is 0 Å². The van der Waals surface area contributed by atoms with Gasteiger partial charge in [0.15, 0.2) is 0 Å². The highest BCUT2D eigenvalue weighted by Gasteiger charge is 1.99. The normalized spacial score (nSPS) is 10.5. The van der Waals surface area contributed by atoms with Crippen molar-refractivity contribution in [2.45, 2.75) is 0 Å². The van der Waals surface area contributed by atoms with E-state index >= 15 is 0 Å². The molecule has 2 aromatic heterocycles. The van der Waals surface area contributed by atoms with Crippen molar-refractivity contribution in [2.24, 2.45) is 0 Å². The molecule has 0 spiro atoms. The molecule has 2 rings (SSSR count). The van der Waals surface area contributed by atoms with Gasteiger partial charge in [0, 0.05) is 17.8 Å². The van der Waals surface area contributed by atoms with Crippen molar-refractivity contribution in [3.05, 3.63) is 34.7 Å². The summed E-state index contributed by atoms with van der Waals surface area (Å²) in [6.45, 7) is 0. The minimum Gasteiger partial charge on any atom is -0.261 e. The molecule has 0 amide bonds. The van der Waals surface area contributed by atoms with Gasteiger partial charge in [-0.2, -0.15) is 0 Å². The van der Waals surface area contributed by atoms with E-state index < -0.39 is 0 Å². The Labute approximate surface area is 79.2 Å². The molecule has 0 atom stereocenters. The number of rotatable bonds is 0. The van der Waals surface area contributed by atoms with Gasteiger partial charge in [-0.3, -0.25) is 9.97 Å². The summed E-state index contributed by atoms with van der Waals surface area (Å²) in [5, 5.41) is 1.98. The smallest absolute Gasteiger partial charge is 0.0901 e. The van der Waals surface area contributed by atoms with Gasteiger partial charge in [0.1, 0.15) is 0 Å². The van der Waals surface area contributed by atoms with Gasteiger partial charge in [0.25, 0.3) is 0 Å². The summed E-state index contributed by atoms with van der Waals surface area (Å²) in [4.78, 5) is 7.97. The second-order valence-corrected chi connectivity index (χ2v) is 3.19. The van der Waals surface area contributed by atoms with Gasteiger partial charge in [-0.05, 0) is 6.07 Å². The summed E-state index contributed by atoms with van der Waals surface area (Å²) in [5.74, 6) is 0. The van der Waals surface area contributed by atoms with E-state index in [-0.39, 0.29) is 0 Å². The predicted octanol–water partition coefficient (Wildman–Crippen LogP) is 2.94. The Balaban J connectivity index is 2.88. The number of hydrogen-bond acceptors (Lipinski definition) is 2. The van der Waals surface area contributed by atoms with Crippen LogP contribution in [-0.4, -0.2) is 9.97 Å². The van der Waals surface area contributed by atoms with E-state index in [2.05, 4.69) is 9.97 Å². The van der Waals surface area contributed by atoms with E-state index in [1.807, 2.05) is 0 Å². The zero-order valence-electron chi connectivity index (χ0n) is 5.96. The van der Waals surface area contributed by atoms with Crippen LogP contribution in [0.1, 0.15) is 0 Å². The SMILES string of the molecule is Clc1cnc2cncc(Cl)c2c1. The summed E-state index contributed by atoms with van der Waals surface area (Å²) in [6.07, 6.45) is 4.79. The van der Waals surface area contributed by atoms with Crippen LogP contribution in [0.5, 0.6) is 0 Å². The van der Waals surface area contributed by atoms with E-state index in [0.29, 0.717) is 10.0 Å². The maximum absolute atomic E-state index is 5.87. The van der Waals surface area contributed by atoms with Gasteiger partial charge in [0.2, 0.25) is 0 Å². The van der Waals surface area contributed by atoms with Crippen molar-refractivity contribution in [3.8, 4) is 0 Å². The number of nitrogens with zero attached hydrogens (tertiary/aromatic N) is 2. The molecule has 0 saturated heterocycles. The average molecular weight is 199 g/mol. The number of fused-ring (bicyclic) bond motifs is 1. The van der Waals surface area contributed by atoms with E-state index in [9.17, 15) is 0 Å². The molecule has 4 heteroatoms. The standard InChI is InChI=1S/C8H4Cl2N2/c9-5-1-6-7(10)3-11-4-8(6)12-2-5/h1-4H. The van der Waals surface area contributed by atoms with Crippen molar-refractivity contribution in [1.29, 1.82) is 0 Å². The number of hydrogen-bond donors (Lipinski definition) is 0. The Morgan fingerprint density at radius 1 is 1.08 bits per heavy atom. The third kappa shape index (κ3) is 1.24. The molecule has 2 heterocycles. The fraction of sp³-hybridized carbons (Fsp3) is 0. The van der Waals surface area contributed by atoms with Gasteiger partial charge in [0.05, 0.1) is 21.8 Å². The van der Waals surface area contributed by atoms with Crippen LogP contribution in [0.3, 0.4) is 0 Å². The third-order valence-corrected chi connectivity index (χ3v) is 2.04. The Hall–Kier alpha value is -0.860. The molecule has 0 aliphatic heterocycles. The third-order valence-electron chi connectivity index (χ3n) is 1.53. The summed E-state index contributed by atoms with van der Waals surface area (Å²) >= 11 is 11.6. The lowest BCUT2D eigenvalue weighted by atomic mass is 10.3. The predicted molar refractivity (Wildman–Crippen MR) is 49.6 cm³/mol. The lowest BCUT2D eigenvalue weighted by Gasteiger charge is -1.97. The highest BCUT2D eigenvalue weighted by molar-refractivity contribution is 6.36. The quantitative estimate of drug-likeness (QED) is 0.651. The van der Waals surface area contributed by atoms with E-state index in [4.69, 9.17) is 23.2 Å². The fourth-order valence-corrected chi connectivity index (χ4v) is 1.35. The molecule has 0 radical (unpaired) electrons. The molecule has 0 fully saturated rings. The molecule has 12 heavy (non-hydrogen) atoms. The second-order valence-electron chi connectivity index (χ2n) is 2.34. The van der Waals surface area contributed by atoms with Crippen molar-refractivity contribution in [1.82, 2.24) is 9.97 Å². The van der Waals surface area contributed by atoms with Crippen LogP contribution in [0.4, 0.5) is 0 Å². The van der Waals surface area contributed by atoms with Crippen LogP contribution in [-0.2, 0) is 0 Å². The Bertz CT molecular complexity index is 428. The average Bonchev–Trinajstić information content (AvgIpc) is 2.07. The molecular weight excluding hydrogens is 195 g/mol. The highest BCUT2D eigenvalue weighted by Crippen LogP contribution is 2.22. The van der Waals surface area contributed by atoms with Gasteiger partial charge in [-0.25, -0.2) is 0 Å². The summed E-state index contributed by atoms with van der Waals surface area (Å²) in [5.41, 5.74) is 0.756. The monoisotopic (exact) mass is 198 g/mol. The first-order chi connectivity index (χ1) is 5.77. The summed E-state index contributed by atoms with van der Waals surface area (Å²) in [6, 6.07) is 1.77. The van der Waals surface area contributed by atoms with Crippen molar-refractivity contribution in [2.75, 3.05) is 0 Å². The lowest BCUT2D eigenvalue weighted by molar-refractivity contribution is 1.31. The fourth-order valence-electron chi connectivity index (χ4n) is 0.987. The minimum absolute atomic E-state index is 0.572. The van der Waals surface area contributed by atoms with Crippen molar-refractivity contribution < 1.29 is 0 Å². The minimum atomic E-state index is 0.572. The molecule has 0 aliphatic rings. The molecular formula is C8H4Cl2N2. The molecule has 0 saturated carbocycles. The van der Waals surface area contributed by atoms with Crippen LogP contribution in [0, 0.1) is 0 Å². The van der Waals surface area contributed by atoms with E-state index in [0.717, 1.165) is 10.9 Å². The Morgan fingerprint density at radius 3 is 2.75 bits per heavy atom. The molecule has 0 aliphatic carbocycles. The molecule has 0 bridgehead atoms. The summed E-state index contributed by atoms with van der Waals surface area (Å²) < 4.78 is 0. The van der Waals surface area contributed by atoms with Crippen molar-refractivity contribution >= 4 is 34.1 Å². The number of halogens is 2. The van der Waals surface area contributed by atoms with E-state index in [1.165, 1.54) is 0 Å². The Kier molecular flexibility index (Phi) is 1.87. The van der Waals surface area contributed by atoms with E-state index in [1.54, 1.807) is 24.7 Å². The van der Waals surface area contributed by atoms with Gasteiger partial charge >= 0.3 is 0 Å². The number of pyridine rings is 2. The summed E-state index contributed by atoms with van der Waals surface area (Å²) in [7, 11) is 0. The van der Waals surface area contributed by atoms with Crippen molar-refractivity contribution in [3.63, 3.8) is 0 Å². The van der Waals surface area contributed by atoms with Gasteiger partial charge < -0.3 is 0 Å². The zero-order valence-corrected chi connectivity index (χ0v) is 7.47. The van der Waals surface area contributed by atoms with Gasteiger partial charge in [-0.1, -0.05) is 23.2 Å². The molecule has 60 valence electrons. The maximum Gasteiger partial charge on any atom is 0.0901 e. The van der Waals surface area contributed by atoms with Gasteiger partial charge in [-0.15, -0.1) is 0 Å². The molecule has 0 N–H and O–H groups in total. The lowest BCUT2D eigenvalue weighted by Crippen LogP contribution is -1.81. The number of aromatic nitrogens is 2. The zero-order chi connectivity index (χ0) is 8.55. The highest BCUT2D eigenvalue weighted by atomic mass is 35.5. The van der Waals surface area contributed by atoms with Crippen LogP contribution in [0.2, 0.25) is 10.0 Å². The molecule has 0 unspecified atom stereocenters. The Morgan fingerprint density at radius 2 is 1.92 bits per heavy atom. The largest absolute Gasteiger partial charge is 0.261 e. The first kappa shape index (κ1) is 7.77. The molecule has 2 aromatic rings. The van der Waals surface area contributed by atoms with Crippen LogP contribution in [0.25, 0.3) is 10.9 Å². The molecule has 2 nitrogen and oxygen atoms in total. The second kappa shape index (κ2) is 2.88.